The summed E-state index contributed by atoms with van der Waals surface area (Å²) in [5, 5.41) is 3.45. The maximum Gasteiger partial charge on any atom is 0.120 e. The average Bonchev–Trinajstić information content (AvgIpc) is 2.90. The van der Waals surface area contributed by atoms with Crippen molar-refractivity contribution in [1.82, 2.24) is 10.2 Å². The second-order valence-corrected chi connectivity index (χ2v) is 4.98. The fourth-order valence-electron chi connectivity index (χ4n) is 2.60. The van der Waals surface area contributed by atoms with Crippen molar-refractivity contribution in [1.29, 1.82) is 0 Å². The molecule has 1 aromatic heterocycles. The van der Waals surface area contributed by atoms with Crippen LogP contribution < -0.4 is 5.32 Å². The van der Waals surface area contributed by atoms with Crippen LogP contribution >= 0.6 is 0 Å². The Morgan fingerprint density at radius 1 is 1.47 bits per heavy atom. The van der Waals surface area contributed by atoms with Crippen molar-refractivity contribution < 1.29 is 4.42 Å². The molecule has 2 rings (SSSR count). The molecule has 2 heterocycles. The summed E-state index contributed by atoms with van der Waals surface area (Å²) in [6.07, 6.45) is 4.37. The highest BCUT2D eigenvalue weighted by atomic mass is 16.3. The van der Waals surface area contributed by atoms with Crippen LogP contribution in [0.15, 0.2) is 22.8 Å². The fourth-order valence-corrected chi connectivity index (χ4v) is 2.60. The maximum atomic E-state index is 5.49. The van der Waals surface area contributed by atoms with E-state index in [1.807, 2.05) is 6.07 Å². The van der Waals surface area contributed by atoms with Gasteiger partial charge >= 0.3 is 0 Å². The van der Waals surface area contributed by atoms with E-state index >= 15 is 0 Å². The lowest BCUT2D eigenvalue weighted by Crippen LogP contribution is -2.38. The van der Waals surface area contributed by atoms with E-state index < -0.39 is 0 Å². The molecule has 0 saturated carbocycles. The van der Waals surface area contributed by atoms with Gasteiger partial charge < -0.3 is 9.73 Å². The molecule has 0 radical (unpaired) electrons. The number of nitrogens with one attached hydrogen (secondary N) is 1. The molecular weight excluding hydrogens is 212 g/mol. The zero-order valence-electron chi connectivity index (χ0n) is 11.0. The van der Waals surface area contributed by atoms with Crippen LogP contribution in [0.3, 0.4) is 0 Å². The Balaban J connectivity index is 1.79. The van der Waals surface area contributed by atoms with Gasteiger partial charge in [0.25, 0.3) is 0 Å². The van der Waals surface area contributed by atoms with E-state index in [0.717, 1.165) is 18.2 Å². The Kier molecular flexibility index (Phi) is 4.63. The van der Waals surface area contributed by atoms with Crippen LogP contribution in [0, 0.1) is 5.92 Å². The monoisotopic (exact) mass is 236 g/mol. The van der Waals surface area contributed by atoms with E-state index in [4.69, 9.17) is 4.42 Å². The van der Waals surface area contributed by atoms with Crippen molar-refractivity contribution in [2.24, 2.45) is 5.92 Å². The largest absolute Gasteiger partial charge is 0.468 e. The molecule has 0 aliphatic carbocycles. The smallest absolute Gasteiger partial charge is 0.120 e. The van der Waals surface area contributed by atoms with Crippen molar-refractivity contribution in [2.75, 3.05) is 26.2 Å². The summed E-state index contributed by atoms with van der Waals surface area (Å²) in [4.78, 5) is 2.53. The average molecular weight is 236 g/mol. The summed E-state index contributed by atoms with van der Waals surface area (Å²) >= 11 is 0. The highest BCUT2D eigenvalue weighted by Gasteiger charge is 2.24. The zero-order valence-corrected chi connectivity index (χ0v) is 11.0. The van der Waals surface area contributed by atoms with E-state index in [9.17, 15) is 0 Å². The quantitative estimate of drug-likeness (QED) is 0.852. The number of nitrogens with zero attached hydrogens (tertiary/aromatic N) is 1. The highest BCUT2D eigenvalue weighted by molar-refractivity contribution is 5.03. The van der Waals surface area contributed by atoms with Gasteiger partial charge in [-0.15, -0.1) is 0 Å². The summed E-state index contributed by atoms with van der Waals surface area (Å²) in [6.45, 7) is 9.07. The minimum Gasteiger partial charge on any atom is -0.468 e. The van der Waals surface area contributed by atoms with Crippen LogP contribution in [-0.4, -0.2) is 31.1 Å². The lowest BCUT2D eigenvalue weighted by molar-refractivity contribution is 0.127. The second-order valence-electron chi connectivity index (χ2n) is 4.98. The molecule has 1 N–H and O–H groups in total. The van der Waals surface area contributed by atoms with Gasteiger partial charge in [-0.3, -0.25) is 4.90 Å². The molecule has 1 aliphatic heterocycles. The van der Waals surface area contributed by atoms with Crippen LogP contribution in [-0.2, 0) is 0 Å². The van der Waals surface area contributed by atoms with E-state index in [1.54, 1.807) is 6.26 Å². The van der Waals surface area contributed by atoms with Crippen molar-refractivity contribution in [3.8, 4) is 0 Å². The standard InChI is InChI=1S/C14H24N2O/c1-3-15-11-13-6-8-16(9-7-13)12(2)14-5-4-10-17-14/h4-5,10,12-13,15H,3,6-9,11H2,1-2H3. The molecule has 96 valence electrons. The first-order chi connectivity index (χ1) is 8.31. The SMILES string of the molecule is CCNCC1CCN(C(C)c2ccco2)CC1. The summed E-state index contributed by atoms with van der Waals surface area (Å²) in [5.74, 6) is 1.95. The van der Waals surface area contributed by atoms with Gasteiger partial charge in [0.05, 0.1) is 12.3 Å². The van der Waals surface area contributed by atoms with Gasteiger partial charge in [-0.05, 0) is 64.0 Å². The molecule has 0 amide bonds. The van der Waals surface area contributed by atoms with Crippen molar-refractivity contribution in [3.63, 3.8) is 0 Å². The molecule has 0 aromatic carbocycles. The molecule has 1 aliphatic rings. The van der Waals surface area contributed by atoms with E-state index in [-0.39, 0.29) is 0 Å². The van der Waals surface area contributed by atoms with Crippen molar-refractivity contribution in [2.45, 2.75) is 32.7 Å². The van der Waals surface area contributed by atoms with Crippen LogP contribution in [0.1, 0.15) is 38.5 Å². The summed E-state index contributed by atoms with van der Waals surface area (Å²) in [7, 11) is 0. The topological polar surface area (TPSA) is 28.4 Å². The summed E-state index contributed by atoms with van der Waals surface area (Å²) < 4.78 is 5.49. The summed E-state index contributed by atoms with van der Waals surface area (Å²) in [6, 6.07) is 4.48. The summed E-state index contributed by atoms with van der Waals surface area (Å²) in [5.41, 5.74) is 0. The van der Waals surface area contributed by atoms with Crippen LogP contribution in [0.2, 0.25) is 0 Å². The predicted molar refractivity (Wildman–Crippen MR) is 70.0 cm³/mol. The van der Waals surface area contributed by atoms with E-state index in [1.165, 1.54) is 32.5 Å². The Morgan fingerprint density at radius 2 is 2.24 bits per heavy atom. The number of hydrogen-bond acceptors (Lipinski definition) is 3. The molecule has 3 heteroatoms. The minimum absolute atomic E-state index is 0.421. The van der Waals surface area contributed by atoms with E-state index in [2.05, 4.69) is 30.1 Å². The van der Waals surface area contributed by atoms with E-state index in [0.29, 0.717) is 6.04 Å². The molecule has 1 saturated heterocycles. The predicted octanol–water partition coefficient (Wildman–Crippen LogP) is 2.66. The third-order valence-electron chi connectivity index (χ3n) is 3.83. The van der Waals surface area contributed by atoms with Crippen LogP contribution in [0.4, 0.5) is 0 Å². The van der Waals surface area contributed by atoms with Gasteiger partial charge in [0, 0.05) is 0 Å². The highest BCUT2D eigenvalue weighted by Crippen LogP contribution is 2.26. The van der Waals surface area contributed by atoms with Crippen molar-refractivity contribution >= 4 is 0 Å². The Labute approximate surface area is 104 Å². The Bertz CT molecular complexity index is 302. The maximum absolute atomic E-state index is 5.49. The molecule has 1 unspecified atom stereocenters. The molecule has 0 spiro atoms. The molecule has 1 fully saturated rings. The number of rotatable bonds is 5. The van der Waals surface area contributed by atoms with Gasteiger partial charge in [-0.1, -0.05) is 6.92 Å². The number of furan rings is 1. The van der Waals surface area contributed by atoms with Crippen LogP contribution in [0.25, 0.3) is 0 Å². The molecule has 0 bridgehead atoms. The molecule has 1 atom stereocenters. The fraction of sp³-hybridized carbons (Fsp3) is 0.714. The second kappa shape index (κ2) is 6.22. The van der Waals surface area contributed by atoms with Gasteiger partial charge in [0.2, 0.25) is 0 Å². The number of hydrogen-bond donors (Lipinski definition) is 1. The normalized spacial score (nSPS) is 20.6. The van der Waals surface area contributed by atoms with Gasteiger partial charge in [0.15, 0.2) is 0 Å². The zero-order chi connectivity index (χ0) is 12.1. The molecule has 3 nitrogen and oxygen atoms in total. The van der Waals surface area contributed by atoms with Gasteiger partial charge in [-0.25, -0.2) is 0 Å². The lowest BCUT2D eigenvalue weighted by Gasteiger charge is -2.35. The van der Waals surface area contributed by atoms with Crippen molar-refractivity contribution in [3.05, 3.63) is 24.2 Å². The lowest BCUT2D eigenvalue weighted by atomic mass is 9.95. The third-order valence-corrected chi connectivity index (χ3v) is 3.83. The number of piperidine rings is 1. The first-order valence-corrected chi connectivity index (χ1v) is 6.79. The minimum atomic E-state index is 0.421. The third kappa shape index (κ3) is 3.33. The molecular formula is C14H24N2O. The first-order valence-electron chi connectivity index (χ1n) is 6.79. The van der Waals surface area contributed by atoms with Gasteiger partial charge in [-0.2, -0.15) is 0 Å². The first kappa shape index (κ1) is 12.7. The van der Waals surface area contributed by atoms with Gasteiger partial charge in [0.1, 0.15) is 5.76 Å². The molecule has 1 aromatic rings. The van der Waals surface area contributed by atoms with Crippen LogP contribution in [0.5, 0.6) is 0 Å². The Morgan fingerprint density at radius 3 is 2.82 bits per heavy atom. The molecule has 17 heavy (non-hydrogen) atoms. The Hall–Kier alpha value is -0.800. The number of likely N-dealkylation sites (tertiary alicyclic amines) is 1.